The van der Waals surface area contributed by atoms with Crippen molar-refractivity contribution < 1.29 is 4.79 Å². The Hall–Kier alpha value is -1.31. The zero-order valence-electron chi connectivity index (χ0n) is 12.9. The fourth-order valence-electron chi connectivity index (χ4n) is 2.82. The lowest BCUT2D eigenvalue weighted by molar-refractivity contribution is 0.0925. The molecule has 1 heterocycles. The average molecular weight is 304 g/mol. The molecule has 0 bridgehead atoms. The fraction of sp³-hybridized carbons (Fsp3) is 0.588. The van der Waals surface area contributed by atoms with Gasteiger partial charge in [0.25, 0.3) is 5.91 Å². The predicted molar refractivity (Wildman–Crippen MR) is 88.5 cm³/mol. The van der Waals surface area contributed by atoms with Crippen LogP contribution in [0.3, 0.4) is 0 Å². The van der Waals surface area contributed by atoms with Crippen LogP contribution in [-0.2, 0) is 0 Å². The van der Waals surface area contributed by atoms with Crippen LogP contribution >= 0.6 is 11.3 Å². The molecule has 0 aliphatic heterocycles. The van der Waals surface area contributed by atoms with Crippen LogP contribution < -0.4 is 11.1 Å². The lowest BCUT2D eigenvalue weighted by Gasteiger charge is -2.28. The first-order valence-electron chi connectivity index (χ1n) is 7.74. The van der Waals surface area contributed by atoms with Crippen molar-refractivity contribution in [3.63, 3.8) is 0 Å². The van der Waals surface area contributed by atoms with Crippen LogP contribution in [0, 0.1) is 24.7 Å². The molecule has 0 aromatic carbocycles. The molecule has 4 heteroatoms. The SMILES string of the molecule is CCC1CCC(NC(=O)c2cc(C)c(C#CCN)s2)CC1. The first kappa shape index (κ1) is 16.1. The van der Waals surface area contributed by atoms with E-state index < -0.39 is 0 Å². The van der Waals surface area contributed by atoms with Crippen molar-refractivity contribution >= 4 is 17.2 Å². The van der Waals surface area contributed by atoms with Gasteiger partial charge < -0.3 is 11.1 Å². The van der Waals surface area contributed by atoms with E-state index in [4.69, 9.17) is 5.73 Å². The van der Waals surface area contributed by atoms with Gasteiger partial charge in [-0.2, -0.15) is 0 Å². The van der Waals surface area contributed by atoms with Crippen LogP contribution in [0.2, 0.25) is 0 Å². The van der Waals surface area contributed by atoms with Crippen LogP contribution in [0.1, 0.15) is 59.1 Å². The van der Waals surface area contributed by atoms with Crippen molar-refractivity contribution in [3.8, 4) is 11.8 Å². The topological polar surface area (TPSA) is 55.1 Å². The van der Waals surface area contributed by atoms with Crippen molar-refractivity contribution in [1.82, 2.24) is 5.32 Å². The lowest BCUT2D eigenvalue weighted by Crippen LogP contribution is -2.37. The number of hydrogen-bond acceptors (Lipinski definition) is 3. The van der Waals surface area contributed by atoms with Crippen LogP contribution in [0.5, 0.6) is 0 Å². The summed E-state index contributed by atoms with van der Waals surface area (Å²) < 4.78 is 0. The zero-order valence-corrected chi connectivity index (χ0v) is 13.7. The van der Waals surface area contributed by atoms with Gasteiger partial charge >= 0.3 is 0 Å². The minimum atomic E-state index is 0.0452. The Morgan fingerprint density at radius 3 is 2.76 bits per heavy atom. The first-order valence-corrected chi connectivity index (χ1v) is 8.56. The molecule has 1 saturated carbocycles. The highest BCUT2D eigenvalue weighted by Crippen LogP contribution is 2.27. The van der Waals surface area contributed by atoms with Gasteiger partial charge in [0.1, 0.15) is 0 Å². The molecule has 1 aromatic rings. The molecule has 3 N–H and O–H groups in total. The zero-order chi connectivity index (χ0) is 15.2. The Kier molecular flexibility index (Phi) is 5.84. The van der Waals surface area contributed by atoms with Crippen LogP contribution in [-0.4, -0.2) is 18.5 Å². The van der Waals surface area contributed by atoms with E-state index in [2.05, 4.69) is 24.1 Å². The Morgan fingerprint density at radius 1 is 1.43 bits per heavy atom. The van der Waals surface area contributed by atoms with E-state index in [1.807, 2.05) is 13.0 Å². The molecule has 1 aromatic heterocycles. The largest absolute Gasteiger partial charge is 0.349 e. The Bertz CT molecular complexity index is 545. The number of carbonyl (C=O) groups is 1. The molecule has 1 amide bonds. The van der Waals surface area contributed by atoms with Crippen LogP contribution in [0.15, 0.2) is 6.07 Å². The highest BCUT2D eigenvalue weighted by molar-refractivity contribution is 7.14. The molecule has 21 heavy (non-hydrogen) atoms. The van der Waals surface area contributed by atoms with Gasteiger partial charge in [0, 0.05) is 6.04 Å². The molecule has 114 valence electrons. The van der Waals surface area contributed by atoms with Gasteiger partial charge in [-0.25, -0.2) is 0 Å². The maximum Gasteiger partial charge on any atom is 0.261 e. The van der Waals surface area contributed by atoms with Gasteiger partial charge in [0.2, 0.25) is 0 Å². The molecule has 0 radical (unpaired) electrons. The highest BCUT2D eigenvalue weighted by Gasteiger charge is 2.22. The standard InChI is InChI=1S/C17H24N2OS/c1-3-13-6-8-14(9-7-13)19-17(20)16-11-12(2)15(21-16)5-4-10-18/h11,13-14H,3,6-10,18H2,1-2H3,(H,19,20). The molecular formula is C17H24N2OS. The molecule has 0 saturated heterocycles. The third-order valence-corrected chi connectivity index (χ3v) is 5.36. The second kappa shape index (κ2) is 7.63. The Labute approximate surface area is 131 Å². The van der Waals surface area contributed by atoms with Crippen molar-refractivity contribution in [2.45, 2.75) is 52.0 Å². The Morgan fingerprint density at radius 2 is 2.14 bits per heavy atom. The summed E-state index contributed by atoms with van der Waals surface area (Å²) in [6.45, 7) is 4.59. The van der Waals surface area contributed by atoms with E-state index in [-0.39, 0.29) is 5.91 Å². The molecule has 2 rings (SSSR count). The van der Waals surface area contributed by atoms with Gasteiger partial charge in [-0.15, -0.1) is 11.3 Å². The molecule has 1 aliphatic rings. The van der Waals surface area contributed by atoms with Crippen molar-refractivity contribution in [2.24, 2.45) is 11.7 Å². The summed E-state index contributed by atoms with van der Waals surface area (Å²) in [6.07, 6.45) is 5.94. The number of nitrogens with two attached hydrogens (primary N) is 1. The quantitative estimate of drug-likeness (QED) is 0.843. The van der Waals surface area contributed by atoms with Crippen molar-refractivity contribution in [2.75, 3.05) is 6.54 Å². The van der Waals surface area contributed by atoms with Gasteiger partial charge in [-0.1, -0.05) is 25.2 Å². The lowest BCUT2D eigenvalue weighted by atomic mass is 9.84. The minimum absolute atomic E-state index is 0.0452. The maximum atomic E-state index is 12.3. The predicted octanol–water partition coefficient (Wildman–Crippen LogP) is 3.07. The Balaban J connectivity index is 1.95. The van der Waals surface area contributed by atoms with E-state index in [0.29, 0.717) is 12.6 Å². The maximum absolute atomic E-state index is 12.3. The molecule has 1 fully saturated rings. The van der Waals surface area contributed by atoms with Gasteiger partial charge in [-0.05, 0) is 50.2 Å². The number of hydrogen-bond donors (Lipinski definition) is 2. The molecule has 1 aliphatic carbocycles. The van der Waals surface area contributed by atoms with Crippen LogP contribution in [0.4, 0.5) is 0 Å². The number of rotatable bonds is 3. The van der Waals surface area contributed by atoms with Gasteiger partial charge in [-0.3, -0.25) is 4.79 Å². The van der Waals surface area contributed by atoms with E-state index in [1.54, 1.807) is 0 Å². The highest BCUT2D eigenvalue weighted by atomic mass is 32.1. The molecule has 0 spiro atoms. The smallest absolute Gasteiger partial charge is 0.261 e. The number of aryl methyl sites for hydroxylation is 1. The van der Waals surface area contributed by atoms with Crippen LogP contribution in [0.25, 0.3) is 0 Å². The normalized spacial score (nSPS) is 21.5. The number of amides is 1. The molecule has 0 unspecified atom stereocenters. The van der Waals surface area contributed by atoms with E-state index >= 15 is 0 Å². The van der Waals surface area contributed by atoms with Crippen molar-refractivity contribution in [1.29, 1.82) is 0 Å². The monoisotopic (exact) mass is 304 g/mol. The summed E-state index contributed by atoms with van der Waals surface area (Å²) in [6, 6.07) is 2.26. The summed E-state index contributed by atoms with van der Waals surface area (Å²) in [5.74, 6) is 6.77. The van der Waals surface area contributed by atoms with E-state index in [9.17, 15) is 4.79 Å². The molecule has 0 atom stereocenters. The van der Waals surface area contributed by atoms with E-state index in [0.717, 1.165) is 34.1 Å². The average Bonchev–Trinajstić information content (AvgIpc) is 2.87. The number of thiophene rings is 1. The summed E-state index contributed by atoms with van der Waals surface area (Å²) in [4.78, 5) is 14.0. The minimum Gasteiger partial charge on any atom is -0.349 e. The fourth-order valence-corrected chi connectivity index (χ4v) is 3.77. The van der Waals surface area contributed by atoms with Crippen molar-refractivity contribution in [3.05, 3.63) is 21.4 Å². The third-order valence-electron chi connectivity index (χ3n) is 4.20. The second-order valence-electron chi connectivity index (χ2n) is 5.73. The third kappa shape index (κ3) is 4.33. The number of carbonyl (C=O) groups excluding carboxylic acids is 1. The second-order valence-corrected chi connectivity index (χ2v) is 6.78. The number of nitrogens with one attached hydrogen (secondary N) is 1. The summed E-state index contributed by atoms with van der Waals surface area (Å²) >= 11 is 1.46. The van der Waals surface area contributed by atoms with E-state index in [1.165, 1.54) is 30.6 Å². The van der Waals surface area contributed by atoms with Gasteiger partial charge in [0.05, 0.1) is 16.3 Å². The summed E-state index contributed by atoms with van der Waals surface area (Å²) in [5, 5.41) is 3.18. The summed E-state index contributed by atoms with van der Waals surface area (Å²) in [5.41, 5.74) is 6.45. The van der Waals surface area contributed by atoms with Gasteiger partial charge in [0.15, 0.2) is 0 Å². The molecule has 3 nitrogen and oxygen atoms in total. The molecular weight excluding hydrogens is 280 g/mol. The first-order chi connectivity index (χ1) is 10.1. The summed E-state index contributed by atoms with van der Waals surface area (Å²) in [7, 11) is 0.